The molecular formula is C21H25N2NaO5S. The molecule has 1 aromatic carbocycles. The van der Waals surface area contributed by atoms with Gasteiger partial charge in [-0.25, -0.2) is 18.2 Å². The molecular weight excluding hydrogens is 415 g/mol. The van der Waals surface area contributed by atoms with Crippen molar-refractivity contribution in [3.8, 4) is 0 Å². The number of amides is 1. The van der Waals surface area contributed by atoms with Crippen LogP contribution in [0.15, 0.2) is 47.5 Å². The summed E-state index contributed by atoms with van der Waals surface area (Å²) in [5.74, 6) is 0. The van der Waals surface area contributed by atoms with Crippen molar-refractivity contribution in [3.05, 3.63) is 59.3 Å². The van der Waals surface area contributed by atoms with Crippen molar-refractivity contribution in [1.82, 2.24) is 9.88 Å². The standard InChI is InChI=1S/C21H26N2O5S.Na/c1-21(2,3)28-20(24)23-14-16-10-12-19(29(25,26)27)22-18(16)13-17(23)11-9-15-7-5-4-6-8-15;/h4-8,10,12,17H,9,11,13-14H2,1-3H3,(H,25,26,27);/q;+1/p-1. The summed E-state index contributed by atoms with van der Waals surface area (Å²) in [5, 5.41) is -0.483. The van der Waals surface area contributed by atoms with Crippen LogP contribution in [-0.4, -0.2) is 40.6 Å². The Morgan fingerprint density at radius 1 is 1.20 bits per heavy atom. The number of ether oxygens (including phenoxy) is 1. The number of hydrogen-bond acceptors (Lipinski definition) is 6. The van der Waals surface area contributed by atoms with Crippen molar-refractivity contribution in [1.29, 1.82) is 0 Å². The minimum absolute atomic E-state index is 0. The third kappa shape index (κ3) is 6.52. The fourth-order valence-corrected chi connectivity index (χ4v) is 3.84. The maximum Gasteiger partial charge on any atom is 1.00 e. The summed E-state index contributed by atoms with van der Waals surface area (Å²) in [4.78, 5) is 18.6. The van der Waals surface area contributed by atoms with E-state index in [-0.39, 0.29) is 42.1 Å². The van der Waals surface area contributed by atoms with Gasteiger partial charge in [0, 0.05) is 18.2 Å². The topological polar surface area (TPSA) is 99.6 Å². The van der Waals surface area contributed by atoms with Gasteiger partial charge in [0.15, 0.2) is 0 Å². The van der Waals surface area contributed by atoms with E-state index in [9.17, 15) is 17.8 Å². The first-order chi connectivity index (χ1) is 13.5. The van der Waals surface area contributed by atoms with Crippen LogP contribution in [0.3, 0.4) is 0 Å². The average Bonchev–Trinajstić information content (AvgIpc) is 2.64. The second kappa shape index (κ2) is 9.78. The Labute approximate surface area is 199 Å². The van der Waals surface area contributed by atoms with Crippen LogP contribution in [0.4, 0.5) is 4.79 Å². The zero-order chi connectivity index (χ0) is 21.2. The molecule has 0 saturated carbocycles. The zero-order valence-corrected chi connectivity index (χ0v) is 20.6. The third-order valence-electron chi connectivity index (χ3n) is 4.75. The van der Waals surface area contributed by atoms with E-state index in [0.29, 0.717) is 18.5 Å². The first kappa shape index (κ1) is 24.8. The number of carbonyl (C=O) groups excluding carboxylic acids is 1. The van der Waals surface area contributed by atoms with Crippen molar-refractivity contribution >= 4 is 16.2 Å². The van der Waals surface area contributed by atoms with Crippen LogP contribution in [0.25, 0.3) is 0 Å². The quantitative estimate of drug-likeness (QED) is 0.500. The van der Waals surface area contributed by atoms with E-state index in [4.69, 9.17) is 4.74 Å². The molecule has 0 fully saturated rings. The normalized spacial score (nSPS) is 16.4. The van der Waals surface area contributed by atoms with Gasteiger partial charge < -0.3 is 14.2 Å². The van der Waals surface area contributed by atoms with E-state index in [2.05, 4.69) is 4.98 Å². The van der Waals surface area contributed by atoms with Gasteiger partial charge >= 0.3 is 35.7 Å². The summed E-state index contributed by atoms with van der Waals surface area (Å²) < 4.78 is 39.6. The maximum absolute atomic E-state index is 12.8. The number of pyridine rings is 1. The first-order valence-corrected chi connectivity index (χ1v) is 10.9. The molecule has 0 radical (unpaired) electrons. The second-order valence-electron chi connectivity index (χ2n) is 8.20. The number of carbonyl (C=O) groups is 1. The SMILES string of the molecule is CC(C)(C)OC(=O)N1Cc2ccc(S(=O)(=O)[O-])nc2CC1CCc1ccccc1.[Na+]. The van der Waals surface area contributed by atoms with E-state index in [1.165, 1.54) is 6.07 Å². The van der Waals surface area contributed by atoms with Gasteiger partial charge in [-0.2, -0.15) is 0 Å². The van der Waals surface area contributed by atoms with Crippen LogP contribution in [0.2, 0.25) is 0 Å². The fourth-order valence-electron chi connectivity index (χ4n) is 3.39. The van der Waals surface area contributed by atoms with E-state index in [0.717, 1.165) is 17.5 Å². The molecule has 0 saturated heterocycles. The molecule has 2 heterocycles. The molecule has 3 rings (SSSR count). The van der Waals surface area contributed by atoms with Gasteiger partial charge in [-0.3, -0.25) is 0 Å². The molecule has 9 heteroatoms. The Bertz CT molecular complexity index is 990. The number of fused-ring (bicyclic) bond motifs is 1. The molecule has 0 bridgehead atoms. The van der Waals surface area contributed by atoms with Crippen LogP contribution < -0.4 is 29.6 Å². The number of benzene rings is 1. The van der Waals surface area contributed by atoms with Crippen LogP contribution in [0.1, 0.15) is 44.0 Å². The maximum atomic E-state index is 12.8. The number of rotatable bonds is 4. The van der Waals surface area contributed by atoms with Gasteiger partial charge in [-0.05, 0) is 50.8 Å². The number of aryl methyl sites for hydroxylation is 1. The minimum atomic E-state index is -4.63. The Morgan fingerprint density at radius 3 is 2.47 bits per heavy atom. The van der Waals surface area contributed by atoms with Crippen molar-refractivity contribution in [2.75, 3.05) is 0 Å². The number of aromatic nitrogens is 1. The van der Waals surface area contributed by atoms with E-state index in [1.807, 2.05) is 51.1 Å². The molecule has 1 aromatic heterocycles. The van der Waals surface area contributed by atoms with Gasteiger partial charge in [0.05, 0.1) is 6.54 Å². The molecule has 7 nitrogen and oxygen atoms in total. The van der Waals surface area contributed by atoms with Gasteiger partial charge in [-0.15, -0.1) is 0 Å². The molecule has 0 spiro atoms. The van der Waals surface area contributed by atoms with Crippen LogP contribution in [0.5, 0.6) is 0 Å². The first-order valence-electron chi connectivity index (χ1n) is 9.51. The van der Waals surface area contributed by atoms with E-state index in [1.54, 1.807) is 11.0 Å². The van der Waals surface area contributed by atoms with E-state index >= 15 is 0 Å². The summed E-state index contributed by atoms with van der Waals surface area (Å²) >= 11 is 0. The summed E-state index contributed by atoms with van der Waals surface area (Å²) in [7, 11) is -4.63. The summed E-state index contributed by atoms with van der Waals surface area (Å²) in [6.07, 6.45) is 1.37. The summed E-state index contributed by atoms with van der Waals surface area (Å²) in [5.41, 5.74) is 1.78. The number of nitrogens with zero attached hydrogens (tertiary/aromatic N) is 2. The Morgan fingerprint density at radius 2 is 1.87 bits per heavy atom. The predicted octanol–water partition coefficient (Wildman–Crippen LogP) is 0.284. The van der Waals surface area contributed by atoms with Crippen LogP contribution >= 0.6 is 0 Å². The van der Waals surface area contributed by atoms with Gasteiger partial charge in [-0.1, -0.05) is 36.4 Å². The third-order valence-corrected chi connectivity index (χ3v) is 5.49. The molecule has 156 valence electrons. The van der Waals surface area contributed by atoms with Gasteiger partial charge in [0.1, 0.15) is 20.7 Å². The predicted molar refractivity (Wildman–Crippen MR) is 106 cm³/mol. The van der Waals surface area contributed by atoms with Crippen LogP contribution in [-0.2, 0) is 34.2 Å². The number of hydrogen-bond donors (Lipinski definition) is 0. The van der Waals surface area contributed by atoms with Crippen molar-refractivity contribution in [3.63, 3.8) is 0 Å². The molecule has 1 aliphatic heterocycles. The van der Waals surface area contributed by atoms with Gasteiger partial charge in [0.2, 0.25) is 0 Å². The van der Waals surface area contributed by atoms with Crippen molar-refractivity contribution in [2.24, 2.45) is 0 Å². The smallest absolute Gasteiger partial charge is 0.743 e. The van der Waals surface area contributed by atoms with E-state index < -0.39 is 26.8 Å². The molecule has 1 unspecified atom stereocenters. The molecule has 1 aliphatic rings. The Kier molecular flexibility index (Phi) is 8.09. The minimum Gasteiger partial charge on any atom is -0.743 e. The fraction of sp³-hybridized carbons (Fsp3) is 0.429. The zero-order valence-electron chi connectivity index (χ0n) is 17.8. The van der Waals surface area contributed by atoms with Gasteiger partial charge in [0.25, 0.3) is 0 Å². The molecule has 2 aromatic rings. The summed E-state index contributed by atoms with van der Waals surface area (Å²) in [6, 6.07) is 12.5. The molecule has 1 atom stereocenters. The average molecular weight is 440 g/mol. The molecule has 1 amide bonds. The Hall–Kier alpha value is -1.45. The van der Waals surface area contributed by atoms with Crippen LogP contribution in [0, 0.1) is 0 Å². The molecule has 0 N–H and O–H groups in total. The second-order valence-corrected chi connectivity index (χ2v) is 9.53. The van der Waals surface area contributed by atoms with Crippen molar-refractivity contribution in [2.45, 2.75) is 63.2 Å². The molecule has 30 heavy (non-hydrogen) atoms. The summed E-state index contributed by atoms with van der Waals surface area (Å²) in [6.45, 7) is 5.70. The van der Waals surface area contributed by atoms with Crippen molar-refractivity contribution < 1.29 is 52.1 Å². The Balaban J connectivity index is 0.00000320. The monoisotopic (exact) mass is 440 g/mol. The molecule has 0 aliphatic carbocycles. The largest absolute Gasteiger partial charge is 1.00 e.